The maximum absolute atomic E-state index is 12.8. The number of benzene rings is 2. The SMILES string of the molecule is O=C(OC1C(Cl)C2CC1C1C3C=CC(C3)C21)c1ccc(-c2ccccc2)cc1. The van der Waals surface area contributed by atoms with Crippen LogP contribution in [0.15, 0.2) is 66.7 Å². The number of hydrogen-bond acceptors (Lipinski definition) is 2. The zero-order valence-corrected chi connectivity index (χ0v) is 16.3. The van der Waals surface area contributed by atoms with Gasteiger partial charge in [-0.15, -0.1) is 11.6 Å². The number of carbonyl (C=O) groups excluding carboxylic acids is 1. The molecule has 2 aromatic carbocycles. The fourth-order valence-corrected chi connectivity index (χ4v) is 7.19. The van der Waals surface area contributed by atoms with Gasteiger partial charge in [0.2, 0.25) is 0 Å². The quantitative estimate of drug-likeness (QED) is 0.296. The Kier molecular flexibility index (Phi) is 3.74. The standard InChI is InChI=1S/C25H23ClO2/c26-23-19-13-20(22-18-11-10-17(12-18)21(19)22)24(23)28-25(27)16-8-6-15(7-9-16)14-4-2-1-3-5-14/h1-11,17-24H,12-13H2. The van der Waals surface area contributed by atoms with E-state index in [-0.39, 0.29) is 17.5 Å². The third-order valence-electron chi connectivity index (χ3n) is 7.73. The van der Waals surface area contributed by atoms with Crippen molar-refractivity contribution >= 4 is 17.6 Å². The monoisotopic (exact) mass is 390 g/mol. The van der Waals surface area contributed by atoms with E-state index < -0.39 is 0 Å². The van der Waals surface area contributed by atoms with Crippen molar-refractivity contribution in [1.82, 2.24) is 0 Å². The van der Waals surface area contributed by atoms with E-state index in [4.69, 9.17) is 16.3 Å². The molecule has 0 heterocycles. The summed E-state index contributed by atoms with van der Waals surface area (Å²) in [7, 11) is 0. The summed E-state index contributed by atoms with van der Waals surface area (Å²) in [4.78, 5) is 12.8. The van der Waals surface area contributed by atoms with E-state index in [1.54, 1.807) is 0 Å². The smallest absolute Gasteiger partial charge is 0.338 e. The highest BCUT2D eigenvalue weighted by Crippen LogP contribution is 2.66. The first-order chi connectivity index (χ1) is 13.7. The average Bonchev–Trinajstić information content (AvgIpc) is 3.49. The Morgan fingerprint density at radius 3 is 2.18 bits per heavy atom. The second kappa shape index (κ2) is 6.22. The Bertz CT molecular complexity index is 935. The van der Waals surface area contributed by atoms with Crippen LogP contribution in [-0.2, 0) is 4.74 Å². The number of rotatable bonds is 3. The van der Waals surface area contributed by atoms with E-state index in [2.05, 4.69) is 24.3 Å². The molecule has 0 aliphatic heterocycles. The molecule has 4 aliphatic rings. The molecule has 0 N–H and O–H groups in total. The molecule has 0 saturated heterocycles. The van der Waals surface area contributed by atoms with Crippen molar-refractivity contribution in [3.05, 3.63) is 72.3 Å². The van der Waals surface area contributed by atoms with Gasteiger partial charge in [-0.05, 0) is 65.7 Å². The first kappa shape index (κ1) is 16.9. The number of fused-ring (bicyclic) bond motifs is 9. The molecule has 2 aromatic rings. The van der Waals surface area contributed by atoms with Crippen molar-refractivity contribution in [1.29, 1.82) is 0 Å². The van der Waals surface area contributed by atoms with E-state index in [9.17, 15) is 4.79 Å². The summed E-state index contributed by atoms with van der Waals surface area (Å²) >= 11 is 6.81. The van der Waals surface area contributed by atoms with Crippen molar-refractivity contribution in [2.45, 2.75) is 24.3 Å². The Balaban J connectivity index is 1.19. The van der Waals surface area contributed by atoms with Crippen molar-refractivity contribution in [3.8, 4) is 11.1 Å². The Labute approximate surface area is 170 Å². The second-order valence-corrected chi connectivity index (χ2v) is 9.43. The molecular formula is C25H23ClO2. The second-order valence-electron chi connectivity index (χ2n) is 8.92. The molecule has 28 heavy (non-hydrogen) atoms. The number of allylic oxidation sites excluding steroid dienone is 2. The topological polar surface area (TPSA) is 26.3 Å². The minimum absolute atomic E-state index is 0.0356. The third-order valence-corrected chi connectivity index (χ3v) is 8.30. The number of esters is 1. The van der Waals surface area contributed by atoms with Gasteiger partial charge in [-0.3, -0.25) is 0 Å². The average molecular weight is 391 g/mol. The van der Waals surface area contributed by atoms with Gasteiger partial charge in [-0.2, -0.15) is 0 Å². The van der Waals surface area contributed by atoms with Gasteiger partial charge in [0.25, 0.3) is 0 Å². The summed E-state index contributed by atoms with van der Waals surface area (Å²) in [6.07, 6.45) is 7.08. The van der Waals surface area contributed by atoms with Crippen LogP contribution in [-0.4, -0.2) is 17.5 Å². The van der Waals surface area contributed by atoms with Crippen molar-refractivity contribution in [2.75, 3.05) is 0 Å². The van der Waals surface area contributed by atoms with Crippen LogP contribution >= 0.6 is 11.6 Å². The normalized spacial score (nSPS) is 39.3. The molecule has 0 aromatic heterocycles. The van der Waals surface area contributed by atoms with Crippen LogP contribution in [0.2, 0.25) is 0 Å². The summed E-state index contributed by atoms with van der Waals surface area (Å²) in [5, 5.41) is -0.0356. The number of alkyl halides is 1. The van der Waals surface area contributed by atoms with E-state index >= 15 is 0 Å². The van der Waals surface area contributed by atoms with Crippen LogP contribution in [0, 0.1) is 35.5 Å². The molecule has 3 fully saturated rings. The number of ether oxygens (including phenoxy) is 1. The minimum atomic E-state index is -0.238. The van der Waals surface area contributed by atoms with Gasteiger partial charge in [0.15, 0.2) is 0 Å². The Morgan fingerprint density at radius 1 is 0.821 bits per heavy atom. The van der Waals surface area contributed by atoms with Gasteiger partial charge in [-0.25, -0.2) is 4.79 Å². The maximum atomic E-state index is 12.8. The lowest BCUT2D eigenvalue weighted by Crippen LogP contribution is -2.43. The third kappa shape index (κ3) is 2.37. The van der Waals surface area contributed by atoms with Gasteiger partial charge in [0.05, 0.1) is 10.9 Å². The number of hydrogen-bond donors (Lipinski definition) is 0. The molecule has 4 aliphatic carbocycles. The molecule has 0 amide bonds. The van der Waals surface area contributed by atoms with Crippen molar-refractivity contribution in [2.24, 2.45) is 35.5 Å². The fraction of sp³-hybridized carbons (Fsp3) is 0.400. The van der Waals surface area contributed by atoms with Gasteiger partial charge < -0.3 is 4.74 Å². The number of halogens is 1. The molecule has 3 heteroatoms. The van der Waals surface area contributed by atoms with Gasteiger partial charge in [0.1, 0.15) is 6.10 Å². The lowest BCUT2D eigenvalue weighted by molar-refractivity contribution is -0.00225. The Morgan fingerprint density at radius 2 is 1.46 bits per heavy atom. The van der Waals surface area contributed by atoms with E-state index in [0.29, 0.717) is 35.2 Å². The minimum Gasteiger partial charge on any atom is -0.457 e. The van der Waals surface area contributed by atoms with Gasteiger partial charge >= 0.3 is 5.97 Å². The maximum Gasteiger partial charge on any atom is 0.338 e. The first-order valence-electron chi connectivity index (χ1n) is 10.4. The molecule has 2 nitrogen and oxygen atoms in total. The molecule has 142 valence electrons. The Hall–Kier alpha value is -2.06. The molecule has 3 saturated carbocycles. The lowest BCUT2D eigenvalue weighted by atomic mass is 9.72. The predicted molar refractivity (Wildman–Crippen MR) is 110 cm³/mol. The molecular weight excluding hydrogens is 368 g/mol. The van der Waals surface area contributed by atoms with E-state index in [0.717, 1.165) is 23.5 Å². The van der Waals surface area contributed by atoms with Gasteiger partial charge in [-0.1, -0.05) is 54.6 Å². The summed E-state index contributed by atoms with van der Waals surface area (Å²) in [6.45, 7) is 0. The summed E-state index contributed by atoms with van der Waals surface area (Å²) in [6, 6.07) is 17.9. The molecule has 4 bridgehead atoms. The largest absolute Gasteiger partial charge is 0.457 e. The summed E-state index contributed by atoms with van der Waals surface area (Å²) < 4.78 is 6.01. The first-order valence-corrected chi connectivity index (χ1v) is 10.8. The molecule has 0 radical (unpaired) electrons. The fourth-order valence-electron chi connectivity index (χ4n) is 6.68. The van der Waals surface area contributed by atoms with E-state index in [1.807, 2.05) is 42.5 Å². The van der Waals surface area contributed by atoms with Crippen LogP contribution in [0.5, 0.6) is 0 Å². The van der Waals surface area contributed by atoms with Crippen LogP contribution in [0.1, 0.15) is 23.2 Å². The summed E-state index contributed by atoms with van der Waals surface area (Å²) in [5.74, 6) is 3.50. The van der Waals surface area contributed by atoms with E-state index in [1.165, 1.54) is 6.42 Å². The zero-order chi connectivity index (χ0) is 18.8. The lowest BCUT2D eigenvalue weighted by Gasteiger charge is -2.39. The summed E-state index contributed by atoms with van der Waals surface area (Å²) in [5.41, 5.74) is 2.85. The van der Waals surface area contributed by atoms with Crippen LogP contribution < -0.4 is 0 Å². The number of carbonyl (C=O) groups is 1. The molecule has 0 spiro atoms. The van der Waals surface area contributed by atoms with Crippen LogP contribution in [0.4, 0.5) is 0 Å². The highest BCUT2D eigenvalue weighted by Gasteiger charge is 2.65. The van der Waals surface area contributed by atoms with Crippen LogP contribution in [0.3, 0.4) is 0 Å². The molecule has 6 rings (SSSR count). The highest BCUT2D eigenvalue weighted by atomic mass is 35.5. The highest BCUT2D eigenvalue weighted by molar-refractivity contribution is 6.21. The van der Waals surface area contributed by atoms with Crippen LogP contribution in [0.25, 0.3) is 11.1 Å². The van der Waals surface area contributed by atoms with Crippen molar-refractivity contribution < 1.29 is 9.53 Å². The van der Waals surface area contributed by atoms with Crippen molar-refractivity contribution in [3.63, 3.8) is 0 Å². The predicted octanol–water partition coefficient (Wildman–Crippen LogP) is 5.57. The van der Waals surface area contributed by atoms with Gasteiger partial charge in [0, 0.05) is 5.92 Å². The zero-order valence-electron chi connectivity index (χ0n) is 15.6. The molecule has 8 unspecified atom stereocenters. The molecule has 8 atom stereocenters.